The first-order chi connectivity index (χ1) is 14.8. The summed E-state index contributed by atoms with van der Waals surface area (Å²) in [6.45, 7) is 16.5. The van der Waals surface area contributed by atoms with Crippen molar-refractivity contribution in [3.8, 4) is 0 Å². The lowest BCUT2D eigenvalue weighted by Gasteiger charge is -2.70. The van der Waals surface area contributed by atoms with E-state index in [0.717, 1.165) is 51.4 Å². The predicted octanol–water partition coefficient (Wildman–Crippen LogP) is 6.76. The van der Waals surface area contributed by atoms with E-state index < -0.39 is 11.4 Å². The first kappa shape index (κ1) is 22.7. The maximum absolute atomic E-state index is 12.6. The lowest BCUT2D eigenvalue weighted by Crippen LogP contribution is -2.64. The molecule has 0 radical (unpaired) electrons. The Bertz CT molecular complexity index is 885. The summed E-state index contributed by atoms with van der Waals surface area (Å²) in [4.78, 5) is 12.6. The van der Waals surface area contributed by atoms with Crippen molar-refractivity contribution >= 4 is 5.97 Å². The molecule has 32 heavy (non-hydrogen) atoms. The van der Waals surface area contributed by atoms with Gasteiger partial charge in [0.25, 0.3) is 0 Å². The Kier molecular flexibility index (Phi) is 4.78. The third-order valence-electron chi connectivity index (χ3n) is 12.5. The summed E-state index contributed by atoms with van der Waals surface area (Å²) in [5.74, 6) is 0.682. The molecule has 4 fully saturated rings. The van der Waals surface area contributed by atoms with Gasteiger partial charge in [0.15, 0.2) is 0 Å². The number of aliphatic carboxylic acids is 1. The smallest absolute Gasteiger partial charge is 0.310 e. The maximum Gasteiger partial charge on any atom is 0.310 e. The zero-order valence-corrected chi connectivity index (χ0v) is 21.0. The van der Waals surface area contributed by atoms with Gasteiger partial charge in [-0.25, -0.2) is 0 Å². The fourth-order valence-corrected chi connectivity index (χ4v) is 10.2. The highest BCUT2D eigenvalue weighted by molar-refractivity contribution is 5.77. The monoisotopic (exact) mass is 440 g/mol. The second kappa shape index (κ2) is 6.74. The molecule has 3 heteroatoms. The zero-order chi connectivity index (χ0) is 23.3. The Balaban J connectivity index is 1.60. The molecule has 2 N–H and O–H groups in total. The van der Waals surface area contributed by atoms with Crippen LogP contribution in [0.1, 0.15) is 98.8 Å². The van der Waals surface area contributed by atoms with Crippen molar-refractivity contribution < 1.29 is 15.0 Å². The van der Waals surface area contributed by atoms with E-state index in [-0.39, 0.29) is 33.7 Å². The standard InChI is InChI=1S/C29H44O3/c1-18-9-14-29(24(31)32)16-15-27(5)19(20(29)17-18)7-8-22-26(4)12-11-23(30)25(2,3)21(26)10-13-28(22,27)6/h7,20-23,30H,1,8-17H2,2-6H3,(H,31,32)/t20?,21?,22?,23?,26-,27+,28+,29-/m0/s1. The fraction of sp³-hybridized carbons (Fsp3) is 0.828. The summed E-state index contributed by atoms with van der Waals surface area (Å²) in [7, 11) is 0. The van der Waals surface area contributed by atoms with Crippen LogP contribution >= 0.6 is 0 Å². The first-order valence-electron chi connectivity index (χ1n) is 13.1. The van der Waals surface area contributed by atoms with Crippen LogP contribution in [0.25, 0.3) is 0 Å². The van der Waals surface area contributed by atoms with Crippen LogP contribution in [0.3, 0.4) is 0 Å². The quantitative estimate of drug-likeness (QED) is 0.443. The van der Waals surface area contributed by atoms with Gasteiger partial charge >= 0.3 is 5.97 Å². The van der Waals surface area contributed by atoms with Crippen molar-refractivity contribution in [2.75, 3.05) is 0 Å². The Morgan fingerprint density at radius 3 is 2.41 bits per heavy atom. The van der Waals surface area contributed by atoms with Gasteiger partial charge in [-0.3, -0.25) is 4.79 Å². The van der Waals surface area contributed by atoms with E-state index >= 15 is 0 Å². The minimum atomic E-state index is -0.590. The van der Waals surface area contributed by atoms with Crippen molar-refractivity contribution in [1.82, 2.24) is 0 Å². The number of allylic oxidation sites excluding steroid dienone is 3. The van der Waals surface area contributed by atoms with Gasteiger partial charge in [0.05, 0.1) is 11.5 Å². The van der Waals surface area contributed by atoms with Gasteiger partial charge in [-0.1, -0.05) is 58.4 Å². The zero-order valence-electron chi connectivity index (χ0n) is 21.0. The molecule has 4 unspecified atom stereocenters. The van der Waals surface area contributed by atoms with Crippen molar-refractivity contribution in [1.29, 1.82) is 0 Å². The summed E-state index contributed by atoms with van der Waals surface area (Å²) >= 11 is 0. The Labute approximate surface area is 194 Å². The van der Waals surface area contributed by atoms with Crippen LogP contribution in [-0.4, -0.2) is 22.3 Å². The van der Waals surface area contributed by atoms with E-state index in [1.165, 1.54) is 24.0 Å². The second-order valence-electron chi connectivity index (χ2n) is 13.6. The lowest BCUT2D eigenvalue weighted by molar-refractivity contribution is -0.203. The van der Waals surface area contributed by atoms with E-state index in [0.29, 0.717) is 11.8 Å². The number of fused-ring (bicyclic) bond motifs is 7. The molecule has 0 aliphatic heterocycles. The number of aliphatic hydroxyl groups is 1. The summed E-state index contributed by atoms with van der Waals surface area (Å²) in [6.07, 6.45) is 12.0. The van der Waals surface area contributed by atoms with Gasteiger partial charge < -0.3 is 10.2 Å². The van der Waals surface area contributed by atoms with Gasteiger partial charge in [0.1, 0.15) is 0 Å². The molecule has 0 heterocycles. The second-order valence-corrected chi connectivity index (χ2v) is 13.6. The van der Waals surface area contributed by atoms with E-state index in [9.17, 15) is 15.0 Å². The van der Waals surface area contributed by atoms with E-state index in [4.69, 9.17) is 0 Å². The molecule has 0 aromatic carbocycles. The van der Waals surface area contributed by atoms with Crippen molar-refractivity contribution in [2.24, 2.45) is 44.8 Å². The number of carbonyl (C=O) groups is 1. The van der Waals surface area contributed by atoms with Gasteiger partial charge in [0.2, 0.25) is 0 Å². The normalized spacial score (nSPS) is 52.1. The Morgan fingerprint density at radius 1 is 1.00 bits per heavy atom. The highest BCUT2D eigenvalue weighted by atomic mass is 16.4. The van der Waals surface area contributed by atoms with E-state index in [2.05, 4.69) is 47.3 Å². The van der Waals surface area contributed by atoms with Crippen molar-refractivity contribution in [3.63, 3.8) is 0 Å². The van der Waals surface area contributed by atoms with Crippen LogP contribution in [0.4, 0.5) is 0 Å². The van der Waals surface area contributed by atoms with E-state index in [1.807, 2.05) is 0 Å². The number of aliphatic hydroxyl groups excluding tert-OH is 1. The van der Waals surface area contributed by atoms with Crippen molar-refractivity contribution in [2.45, 2.75) is 105 Å². The molecule has 0 saturated heterocycles. The number of rotatable bonds is 1. The highest BCUT2D eigenvalue weighted by Crippen LogP contribution is 2.75. The lowest BCUT2D eigenvalue weighted by atomic mass is 9.34. The molecule has 0 bridgehead atoms. The van der Waals surface area contributed by atoms with Crippen LogP contribution in [-0.2, 0) is 4.79 Å². The van der Waals surface area contributed by atoms with Crippen LogP contribution in [0.5, 0.6) is 0 Å². The molecule has 5 aliphatic carbocycles. The SMILES string of the molecule is C=C1CC[C@]2(C(=O)O)CC[C@]3(C)C(=CCC4[C@@]5(C)CCC(O)C(C)(C)C5CC[C@]43C)C2C1. The highest BCUT2D eigenvalue weighted by Gasteiger charge is 2.68. The number of carboxylic acids is 1. The predicted molar refractivity (Wildman–Crippen MR) is 128 cm³/mol. The summed E-state index contributed by atoms with van der Waals surface area (Å²) in [5.41, 5.74) is 2.55. The summed E-state index contributed by atoms with van der Waals surface area (Å²) < 4.78 is 0. The minimum absolute atomic E-state index is 0.0363. The third-order valence-corrected chi connectivity index (χ3v) is 12.5. The molecular formula is C29H44O3. The third kappa shape index (κ3) is 2.55. The molecule has 8 atom stereocenters. The van der Waals surface area contributed by atoms with Gasteiger partial charge in [-0.15, -0.1) is 0 Å². The van der Waals surface area contributed by atoms with Gasteiger partial charge in [0, 0.05) is 5.92 Å². The topological polar surface area (TPSA) is 57.5 Å². The van der Waals surface area contributed by atoms with Crippen LogP contribution in [0.15, 0.2) is 23.8 Å². The van der Waals surface area contributed by atoms with Crippen LogP contribution in [0, 0.1) is 44.8 Å². The molecule has 5 aliphatic rings. The van der Waals surface area contributed by atoms with Crippen LogP contribution in [0.2, 0.25) is 0 Å². The molecule has 0 aromatic heterocycles. The molecule has 0 amide bonds. The number of carboxylic acid groups (broad SMARTS) is 1. The molecule has 3 nitrogen and oxygen atoms in total. The average Bonchev–Trinajstić information content (AvgIpc) is 2.71. The molecule has 0 aromatic rings. The Morgan fingerprint density at radius 2 is 1.72 bits per heavy atom. The molecular weight excluding hydrogens is 396 g/mol. The minimum Gasteiger partial charge on any atom is -0.481 e. The Hall–Kier alpha value is -1.09. The summed E-state index contributed by atoms with van der Waals surface area (Å²) in [6, 6.07) is 0. The molecule has 5 rings (SSSR count). The fourth-order valence-electron chi connectivity index (χ4n) is 10.2. The number of hydrogen-bond acceptors (Lipinski definition) is 2. The summed E-state index contributed by atoms with van der Waals surface area (Å²) in [5, 5.41) is 21.2. The molecule has 4 saturated carbocycles. The van der Waals surface area contributed by atoms with Crippen LogP contribution < -0.4 is 0 Å². The van der Waals surface area contributed by atoms with E-state index in [1.54, 1.807) is 0 Å². The first-order valence-corrected chi connectivity index (χ1v) is 13.1. The molecule has 0 spiro atoms. The molecule has 178 valence electrons. The average molecular weight is 441 g/mol. The number of hydrogen-bond donors (Lipinski definition) is 2. The van der Waals surface area contributed by atoms with Crippen molar-refractivity contribution in [3.05, 3.63) is 23.8 Å². The van der Waals surface area contributed by atoms with Gasteiger partial charge in [-0.2, -0.15) is 0 Å². The largest absolute Gasteiger partial charge is 0.481 e. The van der Waals surface area contributed by atoms with Gasteiger partial charge in [-0.05, 0) is 97.7 Å². The maximum atomic E-state index is 12.6.